The van der Waals surface area contributed by atoms with Crippen molar-refractivity contribution >= 4 is 28.6 Å². The Hall–Kier alpha value is -3.38. The topological polar surface area (TPSA) is 55.6 Å². The Morgan fingerprint density at radius 2 is 1.74 bits per heavy atom. The number of hydrogen-bond donors (Lipinski definition) is 0. The number of carbonyl (C=O) groups excluding carboxylic acids is 1. The number of fused-ring (bicyclic) bond motifs is 1. The van der Waals surface area contributed by atoms with Crippen LogP contribution in [0.3, 0.4) is 0 Å². The third-order valence-electron chi connectivity index (χ3n) is 4.87. The SMILES string of the molecule is COc1ccc(CC(=O)N(Cc2ccc(F)cc2)Cc2nc3cc(Cl)ccc3o2)cc1. The molecule has 1 aromatic heterocycles. The number of ether oxygens (including phenoxy) is 1. The summed E-state index contributed by atoms with van der Waals surface area (Å²) in [6, 6.07) is 18.6. The van der Waals surface area contributed by atoms with Gasteiger partial charge in [0.1, 0.15) is 17.1 Å². The van der Waals surface area contributed by atoms with E-state index in [9.17, 15) is 9.18 Å². The van der Waals surface area contributed by atoms with E-state index in [0.29, 0.717) is 28.6 Å². The molecule has 0 N–H and O–H groups in total. The van der Waals surface area contributed by atoms with Crippen molar-refractivity contribution in [3.8, 4) is 5.75 Å². The molecule has 1 amide bonds. The predicted octanol–water partition coefficient (Wildman–Crippen LogP) is 5.40. The Kier molecular flexibility index (Phi) is 6.18. The lowest BCUT2D eigenvalue weighted by molar-refractivity contribution is -0.132. The number of amides is 1. The minimum Gasteiger partial charge on any atom is -0.497 e. The molecule has 0 unspecified atom stereocenters. The van der Waals surface area contributed by atoms with Crippen LogP contribution in [0.5, 0.6) is 5.75 Å². The van der Waals surface area contributed by atoms with Crippen LogP contribution in [0.2, 0.25) is 5.02 Å². The molecule has 5 nitrogen and oxygen atoms in total. The van der Waals surface area contributed by atoms with Crippen molar-refractivity contribution in [3.05, 3.63) is 94.6 Å². The minimum absolute atomic E-state index is 0.102. The standard InChI is InChI=1S/C24H20ClFN2O3/c1-30-20-9-4-16(5-10-20)12-24(29)28(14-17-2-7-19(26)8-3-17)15-23-27-21-13-18(25)6-11-22(21)31-23/h2-11,13H,12,14-15H2,1H3. The van der Waals surface area contributed by atoms with E-state index < -0.39 is 0 Å². The summed E-state index contributed by atoms with van der Waals surface area (Å²) >= 11 is 6.03. The molecule has 0 radical (unpaired) electrons. The van der Waals surface area contributed by atoms with E-state index in [1.807, 2.05) is 24.3 Å². The number of rotatable bonds is 7. The third-order valence-corrected chi connectivity index (χ3v) is 5.11. The molecule has 1 heterocycles. The summed E-state index contributed by atoms with van der Waals surface area (Å²) in [5.41, 5.74) is 2.90. The van der Waals surface area contributed by atoms with Gasteiger partial charge in [-0.25, -0.2) is 9.37 Å². The second kappa shape index (κ2) is 9.18. The highest BCUT2D eigenvalue weighted by atomic mass is 35.5. The maximum atomic E-state index is 13.3. The second-order valence-corrected chi connectivity index (χ2v) is 7.56. The van der Waals surface area contributed by atoms with Crippen LogP contribution in [-0.4, -0.2) is 22.9 Å². The second-order valence-electron chi connectivity index (χ2n) is 7.12. The molecule has 3 aromatic carbocycles. The molecule has 0 aliphatic rings. The normalized spacial score (nSPS) is 10.9. The highest BCUT2D eigenvalue weighted by Gasteiger charge is 2.19. The van der Waals surface area contributed by atoms with Gasteiger partial charge in [-0.3, -0.25) is 4.79 Å². The first-order valence-corrected chi connectivity index (χ1v) is 10.1. The molecular weight excluding hydrogens is 419 g/mol. The van der Waals surface area contributed by atoms with Crippen LogP contribution < -0.4 is 4.74 Å². The van der Waals surface area contributed by atoms with Crippen LogP contribution in [0.25, 0.3) is 11.1 Å². The molecule has 0 atom stereocenters. The molecule has 0 saturated carbocycles. The van der Waals surface area contributed by atoms with Crippen molar-refractivity contribution in [1.29, 1.82) is 0 Å². The molecule has 0 saturated heterocycles. The van der Waals surface area contributed by atoms with Crippen molar-refractivity contribution in [2.24, 2.45) is 0 Å². The summed E-state index contributed by atoms with van der Waals surface area (Å²) in [6.07, 6.45) is 0.206. The summed E-state index contributed by atoms with van der Waals surface area (Å²) in [5.74, 6) is 0.706. The van der Waals surface area contributed by atoms with Gasteiger partial charge in [0.05, 0.1) is 20.1 Å². The van der Waals surface area contributed by atoms with Crippen LogP contribution >= 0.6 is 11.6 Å². The average molecular weight is 439 g/mol. The van der Waals surface area contributed by atoms with E-state index in [1.54, 1.807) is 42.3 Å². The summed E-state index contributed by atoms with van der Waals surface area (Å²) in [7, 11) is 1.60. The molecule has 4 rings (SSSR count). The molecule has 0 aliphatic carbocycles. The van der Waals surface area contributed by atoms with Crippen molar-refractivity contribution in [1.82, 2.24) is 9.88 Å². The van der Waals surface area contributed by atoms with Crippen molar-refractivity contribution in [3.63, 3.8) is 0 Å². The number of methoxy groups -OCH3 is 1. The fourth-order valence-electron chi connectivity index (χ4n) is 3.25. The van der Waals surface area contributed by atoms with Gasteiger partial charge >= 0.3 is 0 Å². The molecule has 0 aliphatic heterocycles. The quantitative estimate of drug-likeness (QED) is 0.387. The number of aromatic nitrogens is 1. The van der Waals surface area contributed by atoms with Gasteiger partial charge in [-0.1, -0.05) is 35.9 Å². The summed E-state index contributed by atoms with van der Waals surface area (Å²) in [6.45, 7) is 0.480. The summed E-state index contributed by atoms with van der Waals surface area (Å²) < 4.78 is 24.3. The Morgan fingerprint density at radius 1 is 1.03 bits per heavy atom. The van der Waals surface area contributed by atoms with Gasteiger partial charge in [0.25, 0.3) is 0 Å². The first kappa shape index (κ1) is 20.9. The highest BCUT2D eigenvalue weighted by molar-refractivity contribution is 6.31. The largest absolute Gasteiger partial charge is 0.497 e. The fourth-order valence-corrected chi connectivity index (χ4v) is 3.42. The Balaban J connectivity index is 1.57. The van der Waals surface area contributed by atoms with E-state index in [4.69, 9.17) is 20.8 Å². The lowest BCUT2D eigenvalue weighted by Gasteiger charge is -2.21. The van der Waals surface area contributed by atoms with Gasteiger partial charge in [0.15, 0.2) is 5.58 Å². The van der Waals surface area contributed by atoms with E-state index >= 15 is 0 Å². The molecule has 7 heteroatoms. The highest BCUT2D eigenvalue weighted by Crippen LogP contribution is 2.22. The zero-order valence-corrected chi connectivity index (χ0v) is 17.6. The van der Waals surface area contributed by atoms with Gasteiger partial charge in [-0.05, 0) is 53.6 Å². The Bertz CT molecular complexity index is 1190. The molecule has 0 spiro atoms. The van der Waals surface area contributed by atoms with Gasteiger partial charge in [-0.15, -0.1) is 0 Å². The number of oxazole rings is 1. The zero-order chi connectivity index (χ0) is 21.8. The number of hydrogen-bond acceptors (Lipinski definition) is 4. The van der Waals surface area contributed by atoms with Crippen molar-refractivity contribution in [2.45, 2.75) is 19.5 Å². The maximum absolute atomic E-state index is 13.3. The summed E-state index contributed by atoms with van der Waals surface area (Å²) in [4.78, 5) is 19.2. The fraction of sp³-hybridized carbons (Fsp3) is 0.167. The van der Waals surface area contributed by atoms with Crippen LogP contribution in [-0.2, 0) is 24.3 Å². The number of nitrogens with zero attached hydrogens (tertiary/aromatic N) is 2. The molecule has 31 heavy (non-hydrogen) atoms. The molecule has 4 aromatic rings. The van der Waals surface area contributed by atoms with Crippen LogP contribution in [0.15, 0.2) is 71.1 Å². The predicted molar refractivity (Wildman–Crippen MR) is 116 cm³/mol. The lowest BCUT2D eigenvalue weighted by atomic mass is 10.1. The number of carbonyl (C=O) groups is 1. The average Bonchev–Trinajstić information content (AvgIpc) is 3.16. The van der Waals surface area contributed by atoms with E-state index in [1.165, 1.54) is 12.1 Å². The number of halogens is 2. The monoisotopic (exact) mass is 438 g/mol. The Morgan fingerprint density at radius 3 is 2.45 bits per heavy atom. The minimum atomic E-state index is -0.323. The molecule has 158 valence electrons. The first-order valence-electron chi connectivity index (χ1n) is 9.70. The van der Waals surface area contributed by atoms with Crippen LogP contribution in [0.4, 0.5) is 4.39 Å². The third kappa shape index (κ3) is 5.22. The van der Waals surface area contributed by atoms with Crippen LogP contribution in [0.1, 0.15) is 17.0 Å². The Labute approximate surface area is 184 Å². The van der Waals surface area contributed by atoms with Gasteiger partial charge in [0.2, 0.25) is 11.8 Å². The van der Waals surface area contributed by atoms with Gasteiger partial charge in [-0.2, -0.15) is 0 Å². The van der Waals surface area contributed by atoms with E-state index in [2.05, 4.69) is 4.98 Å². The van der Waals surface area contributed by atoms with Gasteiger partial charge in [0, 0.05) is 11.6 Å². The molecule has 0 bridgehead atoms. The van der Waals surface area contributed by atoms with E-state index in [0.717, 1.165) is 16.9 Å². The van der Waals surface area contributed by atoms with Crippen molar-refractivity contribution in [2.75, 3.05) is 7.11 Å². The molecule has 0 fully saturated rings. The van der Waals surface area contributed by atoms with E-state index in [-0.39, 0.29) is 24.7 Å². The zero-order valence-electron chi connectivity index (χ0n) is 16.8. The smallest absolute Gasteiger partial charge is 0.227 e. The van der Waals surface area contributed by atoms with Crippen LogP contribution in [0, 0.1) is 5.82 Å². The maximum Gasteiger partial charge on any atom is 0.227 e. The molecular formula is C24H20ClFN2O3. The number of benzene rings is 3. The lowest BCUT2D eigenvalue weighted by Crippen LogP contribution is -2.31. The first-order chi connectivity index (χ1) is 15.0. The van der Waals surface area contributed by atoms with Crippen molar-refractivity contribution < 1.29 is 18.3 Å². The van der Waals surface area contributed by atoms with Gasteiger partial charge < -0.3 is 14.1 Å². The summed E-state index contributed by atoms with van der Waals surface area (Å²) in [5, 5.41) is 0.561.